The van der Waals surface area contributed by atoms with Gasteiger partial charge < -0.3 is 29.4 Å². The van der Waals surface area contributed by atoms with Crippen LogP contribution >= 0.6 is 11.6 Å². The van der Waals surface area contributed by atoms with Gasteiger partial charge in [-0.3, -0.25) is 14.4 Å². The number of hydrogen-bond donors (Lipinski definition) is 1. The Labute approximate surface area is 223 Å². The Morgan fingerprint density at radius 3 is 2.71 bits per heavy atom. The van der Waals surface area contributed by atoms with Gasteiger partial charge in [-0.15, -0.1) is 0 Å². The number of hydrogen-bond acceptors (Lipinski definition) is 7. The zero-order valence-corrected chi connectivity index (χ0v) is 21.7. The van der Waals surface area contributed by atoms with Crippen molar-refractivity contribution in [3.05, 3.63) is 47.3 Å². The first-order valence-corrected chi connectivity index (χ1v) is 12.6. The number of pyridine rings is 1. The maximum atomic E-state index is 15.0. The number of amides is 3. The number of carbonyl (C=O) groups is 3. The number of likely N-dealkylation sites (N-methyl/N-ethyl adjacent to an activating group) is 1. The Kier molecular flexibility index (Phi) is 6.64. The molecule has 2 atom stereocenters. The monoisotopic (exact) mass is 543 g/mol. The van der Waals surface area contributed by atoms with Crippen molar-refractivity contribution in [1.29, 1.82) is 0 Å². The summed E-state index contributed by atoms with van der Waals surface area (Å²) in [5.74, 6) is -1.88. The average Bonchev–Trinajstić information content (AvgIpc) is 3.03. The number of phenols is 1. The van der Waals surface area contributed by atoms with E-state index >= 15 is 0 Å². The lowest BCUT2D eigenvalue weighted by Crippen LogP contribution is -2.58. The minimum absolute atomic E-state index is 0.00565. The fraction of sp³-hybridized carbons (Fsp3) is 0.385. The topological polar surface area (TPSA) is 107 Å². The van der Waals surface area contributed by atoms with Crippen molar-refractivity contribution in [2.24, 2.45) is 0 Å². The number of aromatic nitrogens is 1. The standard InChI is InChI=1S/C26H27ClFN5O5/c1-4-18(35)31-8-9-32-15(11-31)13-38-24-21(26(32)37)25(33-12-19(36)30(3)10-14(33)2)29-23(22(24)27)20-16(28)6-5-7-17(20)34/h4-7,14-15,34H,1,8-13H2,2-3H3/t14-,15+/m0/s1. The SMILES string of the molecule is C=CC(=O)N1CCN2C(=O)c3c(N4CC(=O)N(C)C[C@@H]4C)nc(-c4c(O)cccc4F)c(Cl)c3OC[C@H]2C1. The van der Waals surface area contributed by atoms with Crippen LogP contribution in [0.5, 0.6) is 11.5 Å². The molecule has 12 heteroatoms. The van der Waals surface area contributed by atoms with Gasteiger partial charge in [0.15, 0.2) is 5.75 Å². The molecule has 0 saturated carbocycles. The van der Waals surface area contributed by atoms with Crippen LogP contribution in [-0.2, 0) is 9.59 Å². The van der Waals surface area contributed by atoms with Crippen LogP contribution in [0, 0.1) is 5.82 Å². The van der Waals surface area contributed by atoms with Gasteiger partial charge in [-0.1, -0.05) is 24.2 Å². The molecule has 5 rings (SSSR count). The minimum Gasteiger partial charge on any atom is -0.507 e. The molecule has 0 bridgehead atoms. The number of phenolic OH excluding ortho intramolecular Hbond substituents is 1. The van der Waals surface area contributed by atoms with E-state index in [2.05, 4.69) is 11.6 Å². The molecule has 4 heterocycles. The first kappa shape index (κ1) is 25.8. The molecule has 3 aliphatic rings. The second kappa shape index (κ2) is 9.79. The summed E-state index contributed by atoms with van der Waals surface area (Å²) in [6, 6.07) is 3.10. The summed E-state index contributed by atoms with van der Waals surface area (Å²) in [6.45, 7) is 6.53. The van der Waals surface area contributed by atoms with Gasteiger partial charge in [0.2, 0.25) is 11.8 Å². The van der Waals surface area contributed by atoms with Crippen LogP contribution in [0.2, 0.25) is 5.02 Å². The molecule has 2 aromatic rings. The van der Waals surface area contributed by atoms with E-state index < -0.39 is 17.8 Å². The Morgan fingerprint density at radius 1 is 1.24 bits per heavy atom. The van der Waals surface area contributed by atoms with Crippen molar-refractivity contribution < 1.29 is 28.6 Å². The Morgan fingerprint density at radius 2 is 2.00 bits per heavy atom. The van der Waals surface area contributed by atoms with E-state index in [-0.39, 0.29) is 83.3 Å². The number of rotatable bonds is 3. The summed E-state index contributed by atoms with van der Waals surface area (Å²) < 4.78 is 21.1. The van der Waals surface area contributed by atoms with Gasteiger partial charge >= 0.3 is 0 Å². The molecule has 200 valence electrons. The van der Waals surface area contributed by atoms with Crippen molar-refractivity contribution in [3.63, 3.8) is 0 Å². The summed E-state index contributed by atoms with van der Waals surface area (Å²) in [6.07, 6.45) is 1.22. The van der Waals surface area contributed by atoms with Crippen molar-refractivity contribution in [2.45, 2.75) is 19.0 Å². The smallest absolute Gasteiger partial charge is 0.261 e. The van der Waals surface area contributed by atoms with Gasteiger partial charge in [0.05, 0.1) is 18.2 Å². The highest BCUT2D eigenvalue weighted by Crippen LogP contribution is 2.46. The summed E-state index contributed by atoms with van der Waals surface area (Å²) in [5, 5.41) is 10.4. The normalized spacial score (nSPS) is 21.5. The fourth-order valence-corrected chi connectivity index (χ4v) is 5.48. The molecule has 1 aromatic heterocycles. The average molecular weight is 544 g/mol. The number of piperazine rings is 2. The van der Waals surface area contributed by atoms with E-state index in [9.17, 15) is 23.9 Å². The number of nitrogens with zero attached hydrogens (tertiary/aromatic N) is 5. The van der Waals surface area contributed by atoms with Gasteiger partial charge in [-0.05, 0) is 25.1 Å². The van der Waals surface area contributed by atoms with Gasteiger partial charge in [0, 0.05) is 39.3 Å². The van der Waals surface area contributed by atoms with Gasteiger partial charge in [0.1, 0.15) is 40.3 Å². The van der Waals surface area contributed by atoms with Crippen LogP contribution < -0.4 is 9.64 Å². The first-order chi connectivity index (χ1) is 18.1. The minimum atomic E-state index is -0.760. The van der Waals surface area contributed by atoms with Crippen LogP contribution in [0.15, 0.2) is 30.9 Å². The maximum absolute atomic E-state index is 15.0. The third-order valence-corrected chi connectivity index (χ3v) is 7.59. The predicted molar refractivity (Wildman–Crippen MR) is 138 cm³/mol. The number of halogens is 2. The lowest BCUT2D eigenvalue weighted by molar-refractivity contribution is -0.130. The summed E-state index contributed by atoms with van der Waals surface area (Å²) >= 11 is 6.73. The van der Waals surface area contributed by atoms with Gasteiger partial charge in [0.25, 0.3) is 5.91 Å². The third-order valence-electron chi connectivity index (χ3n) is 7.24. The molecule has 0 unspecified atom stereocenters. The highest BCUT2D eigenvalue weighted by molar-refractivity contribution is 6.35. The van der Waals surface area contributed by atoms with Crippen LogP contribution in [0.1, 0.15) is 17.3 Å². The number of fused-ring (bicyclic) bond motifs is 2. The number of anilines is 1. The zero-order valence-electron chi connectivity index (χ0n) is 21.0. The fourth-order valence-electron chi connectivity index (χ4n) is 5.20. The molecular formula is C26H27ClFN5O5. The second-order valence-electron chi connectivity index (χ2n) is 9.64. The number of carbonyl (C=O) groups excluding carboxylic acids is 3. The van der Waals surface area contributed by atoms with E-state index in [1.165, 1.54) is 18.2 Å². The largest absolute Gasteiger partial charge is 0.507 e. The molecular weight excluding hydrogens is 517 g/mol. The van der Waals surface area contributed by atoms with Gasteiger partial charge in [-0.2, -0.15) is 0 Å². The Bertz CT molecular complexity index is 1330. The highest BCUT2D eigenvalue weighted by atomic mass is 35.5. The van der Waals surface area contributed by atoms with Crippen LogP contribution in [0.3, 0.4) is 0 Å². The van der Waals surface area contributed by atoms with E-state index in [0.29, 0.717) is 13.1 Å². The van der Waals surface area contributed by atoms with Crippen LogP contribution in [-0.4, -0.2) is 101 Å². The molecule has 0 aliphatic carbocycles. The number of benzene rings is 1. The lowest BCUT2D eigenvalue weighted by Gasteiger charge is -2.41. The van der Waals surface area contributed by atoms with Gasteiger partial charge in [-0.25, -0.2) is 9.37 Å². The molecule has 38 heavy (non-hydrogen) atoms. The second-order valence-corrected chi connectivity index (χ2v) is 10.0. The van der Waals surface area contributed by atoms with E-state index in [4.69, 9.17) is 16.3 Å². The Balaban J connectivity index is 1.69. The first-order valence-electron chi connectivity index (χ1n) is 12.2. The van der Waals surface area contributed by atoms with E-state index in [0.717, 1.165) is 6.07 Å². The quantitative estimate of drug-likeness (QED) is 0.591. The predicted octanol–water partition coefficient (Wildman–Crippen LogP) is 2.14. The summed E-state index contributed by atoms with van der Waals surface area (Å²) in [5.41, 5.74) is -0.286. The molecule has 3 amide bonds. The lowest BCUT2D eigenvalue weighted by atomic mass is 10.0. The summed E-state index contributed by atoms with van der Waals surface area (Å²) in [7, 11) is 1.69. The van der Waals surface area contributed by atoms with Crippen molar-refractivity contribution >= 4 is 35.1 Å². The third kappa shape index (κ3) is 4.20. The van der Waals surface area contributed by atoms with Crippen molar-refractivity contribution in [1.82, 2.24) is 19.7 Å². The molecule has 0 spiro atoms. The molecule has 1 N–H and O–H groups in total. The van der Waals surface area contributed by atoms with Crippen molar-refractivity contribution in [2.75, 3.05) is 51.3 Å². The highest BCUT2D eigenvalue weighted by Gasteiger charge is 2.42. The number of aromatic hydroxyl groups is 1. The molecule has 2 fully saturated rings. The van der Waals surface area contributed by atoms with Crippen molar-refractivity contribution in [3.8, 4) is 22.8 Å². The molecule has 0 radical (unpaired) electrons. The van der Waals surface area contributed by atoms with Crippen LogP contribution in [0.4, 0.5) is 10.2 Å². The molecule has 3 aliphatic heterocycles. The maximum Gasteiger partial charge on any atom is 0.261 e. The Hall–Kier alpha value is -3.86. The molecule has 10 nitrogen and oxygen atoms in total. The molecule has 2 saturated heterocycles. The zero-order chi connectivity index (χ0) is 27.3. The van der Waals surface area contributed by atoms with Crippen LogP contribution in [0.25, 0.3) is 11.3 Å². The van der Waals surface area contributed by atoms with E-state index in [1.54, 1.807) is 26.6 Å². The van der Waals surface area contributed by atoms with E-state index in [1.807, 2.05) is 6.92 Å². The summed E-state index contributed by atoms with van der Waals surface area (Å²) in [4.78, 5) is 50.0. The molecule has 1 aromatic carbocycles. The number of ether oxygens (including phenoxy) is 1.